The minimum Gasteiger partial charge on any atom is -0.421 e. The average Bonchev–Trinajstić information content (AvgIpc) is 2.94. The van der Waals surface area contributed by atoms with Crippen molar-refractivity contribution in [2.24, 2.45) is 0 Å². The van der Waals surface area contributed by atoms with Crippen molar-refractivity contribution in [3.63, 3.8) is 0 Å². The molecule has 0 fully saturated rings. The Balaban J connectivity index is 2.01. The normalized spacial score (nSPS) is 11.1. The maximum atomic E-state index is 12.2. The topological polar surface area (TPSA) is 90.6 Å². The van der Waals surface area contributed by atoms with Crippen LogP contribution in [0.4, 0.5) is 5.69 Å². The van der Waals surface area contributed by atoms with Crippen molar-refractivity contribution in [1.29, 1.82) is 0 Å². The molecule has 7 nitrogen and oxygen atoms in total. The van der Waals surface area contributed by atoms with Crippen LogP contribution in [0.2, 0.25) is 0 Å². The summed E-state index contributed by atoms with van der Waals surface area (Å²) in [7, 11) is 0. The summed E-state index contributed by atoms with van der Waals surface area (Å²) in [6.07, 6.45) is 1.79. The van der Waals surface area contributed by atoms with E-state index in [1.807, 2.05) is 12.1 Å². The van der Waals surface area contributed by atoms with Gasteiger partial charge in [0.05, 0.1) is 10.4 Å². The van der Waals surface area contributed by atoms with Crippen LogP contribution in [0, 0.1) is 10.1 Å². The van der Waals surface area contributed by atoms with Crippen LogP contribution in [0.5, 0.6) is 0 Å². The molecule has 0 aliphatic rings. The molecule has 0 saturated heterocycles. The predicted molar refractivity (Wildman–Crippen MR) is 83.3 cm³/mol. The van der Waals surface area contributed by atoms with Crippen LogP contribution in [0.1, 0.15) is 0 Å². The molecule has 112 valence electrons. The van der Waals surface area contributed by atoms with Crippen molar-refractivity contribution in [1.82, 2.24) is 9.38 Å². The molecule has 4 rings (SSSR count). The van der Waals surface area contributed by atoms with E-state index in [-0.39, 0.29) is 17.0 Å². The van der Waals surface area contributed by atoms with Gasteiger partial charge >= 0.3 is 5.63 Å². The molecule has 3 heterocycles. The Labute approximate surface area is 128 Å². The van der Waals surface area contributed by atoms with Crippen LogP contribution in [-0.4, -0.2) is 14.3 Å². The van der Waals surface area contributed by atoms with Gasteiger partial charge in [0, 0.05) is 30.0 Å². The Hall–Kier alpha value is -3.48. The third kappa shape index (κ3) is 2.06. The Morgan fingerprint density at radius 2 is 2.00 bits per heavy atom. The van der Waals surface area contributed by atoms with Gasteiger partial charge in [0.2, 0.25) is 0 Å². The van der Waals surface area contributed by atoms with E-state index in [0.29, 0.717) is 16.7 Å². The Morgan fingerprint density at radius 1 is 1.13 bits per heavy atom. The Bertz CT molecular complexity index is 1130. The number of benzene rings is 1. The lowest BCUT2D eigenvalue weighted by molar-refractivity contribution is -0.384. The van der Waals surface area contributed by atoms with E-state index >= 15 is 0 Å². The molecule has 0 amide bonds. The maximum Gasteiger partial charge on any atom is 0.364 e. The summed E-state index contributed by atoms with van der Waals surface area (Å²) in [5.74, 6) is 0.261. The number of fused-ring (bicyclic) bond motifs is 3. The number of nitrogens with zero attached hydrogens (tertiary/aromatic N) is 3. The quantitative estimate of drug-likeness (QED) is 0.419. The summed E-state index contributed by atoms with van der Waals surface area (Å²) >= 11 is 0. The number of nitro groups is 1. The molecule has 0 N–H and O–H groups in total. The van der Waals surface area contributed by atoms with E-state index < -0.39 is 10.5 Å². The van der Waals surface area contributed by atoms with Crippen LogP contribution < -0.4 is 5.63 Å². The van der Waals surface area contributed by atoms with Gasteiger partial charge in [0.15, 0.2) is 5.52 Å². The molecule has 0 spiro atoms. The van der Waals surface area contributed by atoms with Crippen LogP contribution in [0.15, 0.2) is 63.9 Å². The lowest BCUT2D eigenvalue weighted by Gasteiger charge is -2.01. The van der Waals surface area contributed by atoms with Crippen LogP contribution in [0.25, 0.3) is 28.0 Å². The van der Waals surface area contributed by atoms with Gasteiger partial charge in [-0.15, -0.1) is 0 Å². The minimum atomic E-state index is -0.576. The summed E-state index contributed by atoms with van der Waals surface area (Å²) in [5.41, 5.74) is 1.27. The third-order valence-corrected chi connectivity index (χ3v) is 3.57. The summed E-state index contributed by atoms with van der Waals surface area (Å²) in [4.78, 5) is 26.8. The molecule has 1 aromatic carbocycles. The largest absolute Gasteiger partial charge is 0.421 e. The molecule has 0 atom stereocenters. The van der Waals surface area contributed by atoms with E-state index in [2.05, 4.69) is 4.98 Å². The second-order valence-corrected chi connectivity index (χ2v) is 4.98. The van der Waals surface area contributed by atoms with Crippen molar-refractivity contribution < 1.29 is 9.34 Å². The molecular weight excluding hydrogens is 298 g/mol. The first kappa shape index (κ1) is 13.2. The second kappa shape index (κ2) is 4.77. The highest BCUT2D eigenvalue weighted by Crippen LogP contribution is 2.25. The summed E-state index contributed by atoms with van der Waals surface area (Å²) in [6.45, 7) is 0. The number of pyridine rings is 1. The molecular formula is C16H9N3O4. The van der Waals surface area contributed by atoms with Crippen molar-refractivity contribution in [2.75, 3.05) is 0 Å². The molecule has 23 heavy (non-hydrogen) atoms. The van der Waals surface area contributed by atoms with E-state index in [1.54, 1.807) is 34.9 Å². The number of hydrogen-bond acceptors (Lipinski definition) is 5. The molecule has 0 aliphatic carbocycles. The zero-order valence-electron chi connectivity index (χ0n) is 11.7. The van der Waals surface area contributed by atoms with Gasteiger partial charge in [0.1, 0.15) is 11.4 Å². The zero-order chi connectivity index (χ0) is 16.0. The SMILES string of the molecule is O=c1oc(-c2cccc([N+](=O)[O-])c2)cc2c1nc1ccccn12. The number of rotatable bonds is 2. The molecule has 0 aliphatic heterocycles. The highest BCUT2D eigenvalue weighted by atomic mass is 16.6. The zero-order valence-corrected chi connectivity index (χ0v) is 11.7. The number of hydrogen-bond donors (Lipinski definition) is 0. The van der Waals surface area contributed by atoms with Gasteiger partial charge in [-0.3, -0.25) is 14.5 Å². The lowest BCUT2D eigenvalue weighted by atomic mass is 10.1. The molecule has 0 radical (unpaired) electrons. The fourth-order valence-electron chi connectivity index (χ4n) is 2.52. The van der Waals surface area contributed by atoms with E-state index in [9.17, 15) is 14.9 Å². The van der Waals surface area contributed by atoms with Crippen molar-refractivity contribution in [3.05, 3.63) is 75.3 Å². The lowest BCUT2D eigenvalue weighted by Crippen LogP contribution is -2.00. The minimum absolute atomic E-state index is 0.0663. The van der Waals surface area contributed by atoms with Crippen LogP contribution in [-0.2, 0) is 0 Å². The Kier molecular flexibility index (Phi) is 2.74. The van der Waals surface area contributed by atoms with Crippen LogP contribution >= 0.6 is 0 Å². The van der Waals surface area contributed by atoms with E-state index in [4.69, 9.17) is 4.42 Å². The fraction of sp³-hybridized carbons (Fsp3) is 0. The summed E-state index contributed by atoms with van der Waals surface area (Å²) in [6, 6.07) is 13.1. The second-order valence-electron chi connectivity index (χ2n) is 4.98. The smallest absolute Gasteiger partial charge is 0.364 e. The highest BCUT2D eigenvalue weighted by molar-refractivity contribution is 5.82. The van der Waals surface area contributed by atoms with Gasteiger partial charge < -0.3 is 4.42 Å². The molecule has 4 aromatic rings. The van der Waals surface area contributed by atoms with Gasteiger partial charge in [-0.1, -0.05) is 18.2 Å². The monoisotopic (exact) mass is 307 g/mol. The van der Waals surface area contributed by atoms with E-state index in [0.717, 1.165) is 0 Å². The Morgan fingerprint density at radius 3 is 2.83 bits per heavy atom. The fourth-order valence-corrected chi connectivity index (χ4v) is 2.52. The summed E-state index contributed by atoms with van der Waals surface area (Å²) in [5, 5.41) is 10.9. The number of imidazole rings is 1. The van der Waals surface area contributed by atoms with Gasteiger partial charge in [-0.05, 0) is 12.1 Å². The number of non-ortho nitro benzene ring substituents is 1. The standard InChI is InChI=1S/C16H9N3O4/c20-16-15-12(18-7-2-1-6-14(18)17-15)9-13(23-16)10-4-3-5-11(8-10)19(21)22/h1-9H. The third-order valence-electron chi connectivity index (χ3n) is 3.57. The first-order chi connectivity index (χ1) is 11.1. The molecule has 7 heteroatoms. The number of nitro benzene ring substituents is 1. The van der Waals surface area contributed by atoms with Crippen molar-refractivity contribution >= 4 is 22.4 Å². The molecule has 0 unspecified atom stereocenters. The maximum absolute atomic E-state index is 12.2. The van der Waals surface area contributed by atoms with E-state index in [1.165, 1.54) is 12.1 Å². The van der Waals surface area contributed by atoms with Gasteiger partial charge in [-0.25, -0.2) is 9.78 Å². The first-order valence-electron chi connectivity index (χ1n) is 6.79. The molecule has 0 bridgehead atoms. The van der Waals surface area contributed by atoms with Gasteiger partial charge in [-0.2, -0.15) is 0 Å². The molecule has 3 aromatic heterocycles. The first-order valence-corrected chi connectivity index (χ1v) is 6.79. The van der Waals surface area contributed by atoms with Crippen LogP contribution in [0.3, 0.4) is 0 Å². The van der Waals surface area contributed by atoms with Crippen molar-refractivity contribution in [3.8, 4) is 11.3 Å². The van der Waals surface area contributed by atoms with Gasteiger partial charge in [0.25, 0.3) is 5.69 Å². The highest BCUT2D eigenvalue weighted by Gasteiger charge is 2.14. The average molecular weight is 307 g/mol. The predicted octanol–water partition coefficient (Wildman–Crippen LogP) is 3.02. The summed E-state index contributed by atoms with van der Waals surface area (Å²) < 4.78 is 7.06. The number of aromatic nitrogens is 2. The van der Waals surface area contributed by atoms with Crippen molar-refractivity contribution in [2.45, 2.75) is 0 Å². The molecule has 0 saturated carbocycles.